The molecule has 0 aromatic carbocycles. The van der Waals surface area contributed by atoms with Gasteiger partial charge in [-0.2, -0.15) is 0 Å². The molecule has 21 heavy (non-hydrogen) atoms. The molecule has 0 unspecified atom stereocenters. The maximum absolute atomic E-state index is 10.8. The molecule has 0 aliphatic rings. The van der Waals surface area contributed by atoms with E-state index in [4.69, 9.17) is 0 Å². The summed E-state index contributed by atoms with van der Waals surface area (Å²) in [6.07, 6.45) is 0. The Morgan fingerprint density at radius 3 is 0.952 bits per heavy atom. The minimum absolute atomic E-state index is 0. The van der Waals surface area contributed by atoms with Crippen molar-refractivity contribution >= 4 is 23.9 Å². The van der Waals surface area contributed by atoms with Gasteiger partial charge in [0.25, 0.3) is 0 Å². The molecule has 0 aliphatic heterocycles. The Kier molecular flexibility index (Phi) is 11.4. The fraction of sp³-hybridized carbons (Fsp3) is 0.600. The van der Waals surface area contributed by atoms with E-state index in [0.717, 1.165) is 27.7 Å². The average molecular weight is 347 g/mol. The zero-order valence-corrected chi connectivity index (χ0v) is 13.1. The van der Waals surface area contributed by atoms with Crippen LogP contribution in [-0.2, 0) is 55.6 Å². The van der Waals surface area contributed by atoms with E-state index in [9.17, 15) is 19.2 Å². The Hall–Kier alpha value is -1.68. The maximum Gasteiger partial charge on any atom is 0.326 e. The first kappa shape index (κ1) is 21.6. The van der Waals surface area contributed by atoms with Crippen LogP contribution in [0.2, 0.25) is 0 Å². The van der Waals surface area contributed by atoms with Gasteiger partial charge in [-0.15, -0.1) is 0 Å². The second kappa shape index (κ2) is 11.0. The van der Waals surface area contributed by atoms with Crippen LogP contribution >= 0.6 is 0 Å². The summed E-state index contributed by atoms with van der Waals surface area (Å²) in [7, 11) is 0. The summed E-state index contributed by atoms with van der Waals surface area (Å²) >= 11 is 0. The summed E-state index contributed by atoms with van der Waals surface area (Å²) in [5.41, 5.74) is 0. The first-order valence-electron chi connectivity index (χ1n) is 5.50. The maximum atomic E-state index is 10.8. The van der Waals surface area contributed by atoms with Gasteiger partial charge in [-0.25, -0.2) is 0 Å². The molecule has 0 aromatic rings. The topological polar surface area (TPSA) is 112 Å². The fourth-order valence-corrected chi connectivity index (χ4v) is 0.957. The van der Waals surface area contributed by atoms with E-state index < -0.39 is 23.9 Å². The van der Waals surface area contributed by atoms with Crippen molar-refractivity contribution in [3.63, 3.8) is 0 Å². The van der Waals surface area contributed by atoms with Crippen molar-refractivity contribution in [1.29, 1.82) is 0 Å². The van der Waals surface area contributed by atoms with Crippen molar-refractivity contribution in [3.05, 3.63) is 0 Å². The molecule has 0 fully saturated rings. The van der Waals surface area contributed by atoms with Gasteiger partial charge >= 0.3 is 23.9 Å². The van der Waals surface area contributed by atoms with Crippen molar-refractivity contribution in [2.45, 2.75) is 27.7 Å². The Balaban J connectivity index is 0. The quantitative estimate of drug-likeness (QED) is 0.441. The molecule has 0 N–H and O–H groups in total. The summed E-state index contributed by atoms with van der Waals surface area (Å²) in [6, 6.07) is 0. The summed E-state index contributed by atoms with van der Waals surface area (Å²) in [5.74, 6) is -2.90. The first-order chi connectivity index (χ1) is 9.20. The summed E-state index contributed by atoms with van der Waals surface area (Å²) in [6.45, 7) is 3.97. The fourth-order valence-electron chi connectivity index (χ4n) is 0.957. The van der Waals surface area contributed by atoms with Crippen molar-refractivity contribution in [2.24, 2.45) is 0 Å². The zero-order chi connectivity index (χ0) is 15.7. The molecular weight excluding hydrogens is 331 g/mol. The molecule has 11 heteroatoms. The minimum atomic E-state index is -0.724. The number of carbonyl (C=O) groups is 4. The molecule has 0 aliphatic carbocycles. The predicted molar refractivity (Wildman–Crippen MR) is 60.5 cm³/mol. The Morgan fingerprint density at radius 1 is 0.619 bits per heavy atom. The van der Waals surface area contributed by atoms with E-state index in [1.54, 1.807) is 0 Å². The normalized spacial score (nSPS) is 9.62. The third kappa shape index (κ3) is 13.1. The number of nitrogens with zero attached hydrogens (tertiary/aromatic N) is 2. The van der Waals surface area contributed by atoms with E-state index in [0.29, 0.717) is 10.5 Å². The van der Waals surface area contributed by atoms with E-state index in [-0.39, 0.29) is 30.2 Å². The second-order valence-electron chi connectivity index (χ2n) is 3.44. The molecule has 0 saturated carbocycles. The van der Waals surface area contributed by atoms with Gasteiger partial charge in [-0.05, 0) is 0 Å². The summed E-state index contributed by atoms with van der Waals surface area (Å²) in [5, 5.41) is 1.15. The molecule has 0 heterocycles. The Labute approximate surface area is 131 Å². The van der Waals surface area contributed by atoms with Crippen LogP contribution in [0.4, 0.5) is 0 Å². The van der Waals surface area contributed by atoms with Gasteiger partial charge in [0.1, 0.15) is 0 Å². The minimum Gasteiger partial charge on any atom is -0.333 e. The third-order valence-electron chi connectivity index (χ3n) is 1.39. The molecule has 0 saturated heterocycles. The van der Waals surface area contributed by atoms with Crippen LogP contribution in [0.15, 0.2) is 0 Å². The Bertz CT molecular complexity index is 321. The van der Waals surface area contributed by atoms with Gasteiger partial charge < -0.3 is 19.4 Å². The van der Waals surface area contributed by atoms with Crippen LogP contribution in [0.1, 0.15) is 27.7 Å². The summed E-state index contributed by atoms with van der Waals surface area (Å²) in [4.78, 5) is 61.4. The second-order valence-corrected chi connectivity index (χ2v) is 3.44. The van der Waals surface area contributed by atoms with Crippen molar-refractivity contribution in [2.75, 3.05) is 13.1 Å². The van der Waals surface area contributed by atoms with Crippen LogP contribution in [0, 0.1) is 0 Å². The van der Waals surface area contributed by atoms with E-state index in [1.165, 1.54) is 0 Å². The van der Waals surface area contributed by atoms with Gasteiger partial charge in [0.05, 0.1) is 13.1 Å². The van der Waals surface area contributed by atoms with Gasteiger partial charge in [-0.3, -0.25) is 19.2 Å². The van der Waals surface area contributed by atoms with Gasteiger partial charge in [0.15, 0.2) is 0 Å². The molecule has 0 spiro atoms. The van der Waals surface area contributed by atoms with Gasteiger partial charge in [0, 0.05) is 55.2 Å². The largest absolute Gasteiger partial charge is 0.333 e. The smallest absolute Gasteiger partial charge is 0.326 e. The number of hydrogen-bond donors (Lipinski definition) is 0. The van der Waals surface area contributed by atoms with Crippen LogP contribution in [0.25, 0.3) is 0 Å². The van der Waals surface area contributed by atoms with E-state index in [2.05, 4.69) is 19.4 Å². The molecule has 0 amide bonds. The Morgan fingerprint density at radius 2 is 0.810 bits per heavy atom. The van der Waals surface area contributed by atoms with Crippen molar-refractivity contribution in [1.82, 2.24) is 10.5 Å². The van der Waals surface area contributed by atoms with Crippen LogP contribution in [-0.4, -0.2) is 47.4 Å². The first-order valence-corrected chi connectivity index (χ1v) is 5.50. The molecule has 0 aromatic heterocycles. The van der Waals surface area contributed by atoms with Crippen LogP contribution in [0.3, 0.4) is 0 Å². The number of rotatable bonds is 7. The van der Waals surface area contributed by atoms with E-state index >= 15 is 0 Å². The average Bonchev–Trinajstić information content (AvgIpc) is 2.22. The predicted octanol–water partition coefficient (Wildman–Crippen LogP) is -0.500. The third-order valence-corrected chi connectivity index (χ3v) is 1.39. The zero-order valence-electron chi connectivity index (χ0n) is 12.0. The van der Waals surface area contributed by atoms with Crippen LogP contribution in [0.5, 0.6) is 0 Å². The molecule has 1 radical (unpaired) electrons. The van der Waals surface area contributed by atoms with E-state index in [1.807, 2.05) is 0 Å². The SMILES string of the molecule is CC(=O)ON(CCN(OC(C)=O)OC(C)=O)OC(C)=O.[Mn]. The molecule has 0 rings (SSSR count). The van der Waals surface area contributed by atoms with Crippen molar-refractivity contribution < 1.29 is 55.6 Å². The van der Waals surface area contributed by atoms with Gasteiger partial charge in [-0.1, -0.05) is 0 Å². The van der Waals surface area contributed by atoms with Crippen molar-refractivity contribution in [3.8, 4) is 0 Å². The molecule has 0 bridgehead atoms. The molecular formula is C10H16MnN2O8. The number of hydrogen-bond acceptors (Lipinski definition) is 10. The number of hydroxylamine groups is 4. The molecule has 0 atom stereocenters. The molecule has 10 nitrogen and oxygen atoms in total. The van der Waals surface area contributed by atoms with Crippen LogP contribution < -0.4 is 0 Å². The monoisotopic (exact) mass is 347 g/mol. The standard InChI is InChI=1S/C10H16N2O8.Mn/c1-7(13)17-11(18-8(2)14)5-6-12(19-9(3)15)20-10(4)16;/h5-6H2,1-4H3;. The van der Waals surface area contributed by atoms with Gasteiger partial charge in [0.2, 0.25) is 0 Å². The summed E-state index contributed by atoms with van der Waals surface area (Å²) < 4.78 is 0. The number of carbonyl (C=O) groups excluding carboxylic acids is 4. The molecule has 121 valence electrons.